The van der Waals surface area contributed by atoms with Gasteiger partial charge in [0.15, 0.2) is 0 Å². The Hall–Kier alpha value is -2.54. The minimum atomic E-state index is -0.825. The lowest BCUT2D eigenvalue weighted by molar-refractivity contribution is -0.115. The number of benzene rings is 1. The van der Waals surface area contributed by atoms with Crippen molar-refractivity contribution in [1.82, 2.24) is 4.98 Å². The minimum absolute atomic E-state index is 0.130. The first-order valence-corrected chi connectivity index (χ1v) is 7.66. The van der Waals surface area contributed by atoms with Crippen LogP contribution in [0.25, 0.3) is 10.8 Å². The molecule has 0 bridgehead atoms. The molecule has 1 N–H and O–H groups in total. The van der Waals surface area contributed by atoms with Gasteiger partial charge in [-0.1, -0.05) is 12.1 Å². The van der Waals surface area contributed by atoms with Gasteiger partial charge in [-0.25, -0.2) is 13.8 Å². The maximum Gasteiger partial charge on any atom is 0.236 e. The van der Waals surface area contributed by atoms with E-state index in [0.29, 0.717) is 17.3 Å². The molecule has 1 aromatic carbocycles. The topological polar surface area (TPSA) is 55.1 Å². The molecule has 1 amide bonds. The van der Waals surface area contributed by atoms with Crippen molar-refractivity contribution in [3.05, 3.63) is 58.8 Å². The summed E-state index contributed by atoms with van der Waals surface area (Å²) in [7, 11) is 0. The molecule has 0 aliphatic heterocycles. The smallest absolute Gasteiger partial charge is 0.236 e. The van der Waals surface area contributed by atoms with Crippen LogP contribution in [0, 0.1) is 18.6 Å². The molecule has 3 aromatic rings. The van der Waals surface area contributed by atoms with E-state index >= 15 is 0 Å². The summed E-state index contributed by atoms with van der Waals surface area (Å²) in [5.74, 6) is -1.29. The molecular weight excluding hydrogens is 322 g/mol. The van der Waals surface area contributed by atoms with Crippen molar-refractivity contribution >= 4 is 22.9 Å². The Labute approximate surface area is 134 Å². The normalized spacial score (nSPS) is 10.7. The number of para-hydroxylation sites is 1. The fraction of sp³-hybridized carbons (Fsp3) is 0.125. The number of nitrogens with one attached hydrogen (secondary N) is 1. The molecule has 0 saturated heterocycles. The predicted molar refractivity (Wildman–Crippen MR) is 83.2 cm³/mol. The van der Waals surface area contributed by atoms with Crippen LogP contribution in [0.1, 0.15) is 11.5 Å². The van der Waals surface area contributed by atoms with Gasteiger partial charge >= 0.3 is 0 Å². The zero-order chi connectivity index (χ0) is 16.4. The van der Waals surface area contributed by atoms with Gasteiger partial charge in [0.05, 0.1) is 17.0 Å². The third kappa shape index (κ3) is 3.29. The first-order chi connectivity index (χ1) is 11.0. The third-order valence-corrected chi connectivity index (χ3v) is 4.04. The summed E-state index contributed by atoms with van der Waals surface area (Å²) in [4.78, 5) is 17.1. The Morgan fingerprint density at radius 2 is 2.00 bits per heavy atom. The van der Waals surface area contributed by atoms with E-state index in [1.54, 1.807) is 6.92 Å². The lowest BCUT2D eigenvalue weighted by atomic mass is 10.2. The van der Waals surface area contributed by atoms with Crippen LogP contribution >= 0.6 is 11.3 Å². The number of carbonyl (C=O) groups excluding carboxylic acids is 1. The highest BCUT2D eigenvalue weighted by atomic mass is 32.1. The van der Waals surface area contributed by atoms with Gasteiger partial charge in [0.1, 0.15) is 23.1 Å². The first-order valence-electron chi connectivity index (χ1n) is 6.78. The van der Waals surface area contributed by atoms with Gasteiger partial charge in [-0.3, -0.25) is 4.79 Å². The monoisotopic (exact) mass is 334 g/mol. The number of aromatic nitrogens is 1. The summed E-state index contributed by atoms with van der Waals surface area (Å²) < 4.78 is 32.6. The van der Waals surface area contributed by atoms with E-state index < -0.39 is 23.2 Å². The molecule has 4 nitrogen and oxygen atoms in total. The summed E-state index contributed by atoms with van der Waals surface area (Å²) in [6.07, 6.45) is -0.130. The molecule has 0 unspecified atom stereocenters. The summed E-state index contributed by atoms with van der Waals surface area (Å²) in [5, 5.41) is 4.12. The van der Waals surface area contributed by atoms with Crippen molar-refractivity contribution in [3.63, 3.8) is 0 Å². The second kappa shape index (κ2) is 6.29. The summed E-state index contributed by atoms with van der Waals surface area (Å²) in [5.41, 5.74) is -0.0280. The minimum Gasteiger partial charge on any atom is -0.440 e. The van der Waals surface area contributed by atoms with Crippen molar-refractivity contribution in [1.29, 1.82) is 0 Å². The molecule has 0 aliphatic carbocycles. The number of nitrogens with zero attached hydrogens (tertiary/aromatic N) is 1. The number of anilines is 1. The highest BCUT2D eigenvalue weighted by molar-refractivity contribution is 7.13. The van der Waals surface area contributed by atoms with E-state index in [9.17, 15) is 13.6 Å². The summed E-state index contributed by atoms with van der Waals surface area (Å²) in [6.45, 7) is 1.69. The molecule has 0 aliphatic rings. The molecular formula is C16H12F2N2O2S. The maximum atomic E-state index is 13.5. The van der Waals surface area contributed by atoms with E-state index in [0.717, 1.165) is 17.0 Å². The highest BCUT2D eigenvalue weighted by Gasteiger charge is 2.17. The van der Waals surface area contributed by atoms with Gasteiger partial charge in [0.25, 0.3) is 0 Å². The number of rotatable bonds is 4. The largest absolute Gasteiger partial charge is 0.440 e. The number of halogens is 2. The van der Waals surface area contributed by atoms with Gasteiger partial charge in [0.2, 0.25) is 11.8 Å². The van der Waals surface area contributed by atoms with E-state index in [1.807, 2.05) is 17.5 Å². The van der Waals surface area contributed by atoms with Gasteiger partial charge in [-0.15, -0.1) is 11.3 Å². The van der Waals surface area contributed by atoms with Gasteiger partial charge in [0, 0.05) is 0 Å². The number of amides is 1. The first kappa shape index (κ1) is 15.4. The van der Waals surface area contributed by atoms with Crippen LogP contribution in [0.2, 0.25) is 0 Å². The van der Waals surface area contributed by atoms with Crippen molar-refractivity contribution in [2.75, 3.05) is 5.32 Å². The Bertz CT molecular complexity index is 824. The maximum absolute atomic E-state index is 13.5. The fourth-order valence-electron chi connectivity index (χ4n) is 2.05. The summed E-state index contributed by atoms with van der Waals surface area (Å²) in [6, 6.07) is 7.11. The quantitative estimate of drug-likeness (QED) is 0.779. The Morgan fingerprint density at radius 1 is 1.26 bits per heavy atom. The van der Waals surface area contributed by atoms with Crippen molar-refractivity contribution in [2.45, 2.75) is 13.3 Å². The molecule has 2 heterocycles. The predicted octanol–water partition coefficient (Wildman–Crippen LogP) is 4.17. The second-order valence-corrected chi connectivity index (χ2v) is 5.77. The second-order valence-electron chi connectivity index (χ2n) is 4.82. The van der Waals surface area contributed by atoms with Crippen molar-refractivity contribution in [2.24, 2.45) is 0 Å². The third-order valence-electron chi connectivity index (χ3n) is 3.18. The Morgan fingerprint density at radius 3 is 2.65 bits per heavy atom. The molecule has 23 heavy (non-hydrogen) atoms. The lowest BCUT2D eigenvalue weighted by Crippen LogP contribution is -2.17. The van der Waals surface area contributed by atoms with Crippen LogP contribution in [0.15, 0.2) is 40.1 Å². The SMILES string of the molecule is Cc1oc(-c2cccs2)nc1CC(=O)Nc1c(F)cccc1F. The van der Waals surface area contributed by atoms with Crippen LogP contribution < -0.4 is 5.32 Å². The van der Waals surface area contributed by atoms with Gasteiger partial charge in [-0.2, -0.15) is 0 Å². The zero-order valence-corrected chi connectivity index (χ0v) is 12.9. The number of hydrogen-bond donors (Lipinski definition) is 1. The number of carbonyl (C=O) groups is 1. The standard InChI is InChI=1S/C16H12F2N2O2S/c1-9-12(19-16(22-9)13-6-3-7-23-13)8-14(21)20-15-10(17)4-2-5-11(15)18/h2-7H,8H2,1H3,(H,20,21). The van der Waals surface area contributed by atoms with Crippen LogP contribution in [-0.4, -0.2) is 10.9 Å². The molecule has 118 valence electrons. The average Bonchev–Trinajstić information content (AvgIpc) is 3.14. The molecule has 0 atom stereocenters. The zero-order valence-electron chi connectivity index (χ0n) is 12.1. The molecule has 0 spiro atoms. The van der Waals surface area contributed by atoms with E-state index in [-0.39, 0.29) is 6.42 Å². The van der Waals surface area contributed by atoms with E-state index in [1.165, 1.54) is 17.4 Å². The summed E-state index contributed by atoms with van der Waals surface area (Å²) >= 11 is 1.47. The highest BCUT2D eigenvalue weighted by Crippen LogP contribution is 2.26. The number of hydrogen-bond acceptors (Lipinski definition) is 4. The van der Waals surface area contributed by atoms with E-state index in [4.69, 9.17) is 4.42 Å². The molecule has 2 aromatic heterocycles. The number of aryl methyl sites for hydroxylation is 1. The van der Waals surface area contributed by atoms with Crippen LogP contribution in [0.3, 0.4) is 0 Å². The Kier molecular flexibility index (Phi) is 4.20. The molecule has 7 heteroatoms. The molecule has 0 fully saturated rings. The van der Waals surface area contributed by atoms with Crippen LogP contribution in [-0.2, 0) is 11.2 Å². The number of oxazole rings is 1. The van der Waals surface area contributed by atoms with Gasteiger partial charge in [-0.05, 0) is 30.5 Å². The van der Waals surface area contributed by atoms with Crippen LogP contribution in [0.4, 0.5) is 14.5 Å². The average molecular weight is 334 g/mol. The van der Waals surface area contributed by atoms with Crippen molar-refractivity contribution in [3.8, 4) is 10.8 Å². The fourth-order valence-corrected chi connectivity index (χ4v) is 2.70. The molecule has 3 rings (SSSR count). The number of thiophene rings is 1. The van der Waals surface area contributed by atoms with Crippen molar-refractivity contribution < 1.29 is 18.0 Å². The lowest BCUT2D eigenvalue weighted by Gasteiger charge is -2.06. The van der Waals surface area contributed by atoms with Gasteiger partial charge < -0.3 is 9.73 Å². The van der Waals surface area contributed by atoms with Crippen LogP contribution in [0.5, 0.6) is 0 Å². The Balaban J connectivity index is 1.76. The molecule has 0 radical (unpaired) electrons. The molecule has 0 saturated carbocycles. The van der Waals surface area contributed by atoms with E-state index in [2.05, 4.69) is 10.3 Å².